The first-order valence-electron chi connectivity index (χ1n) is 8.09. The molecule has 0 aromatic heterocycles. The summed E-state index contributed by atoms with van der Waals surface area (Å²) < 4.78 is 76.4. The number of nitrogens with one attached hydrogen (secondary N) is 1. The van der Waals surface area contributed by atoms with Gasteiger partial charge in [0.1, 0.15) is 5.82 Å². The van der Waals surface area contributed by atoms with Gasteiger partial charge in [-0.05, 0) is 42.3 Å². The lowest BCUT2D eigenvalue weighted by Crippen LogP contribution is -2.22. The molecule has 0 atom stereocenters. The molecule has 2 rings (SSSR count). The normalized spacial score (nSPS) is 12.2. The highest BCUT2D eigenvalue weighted by Gasteiger charge is 2.34. The average Bonchev–Trinajstić information content (AvgIpc) is 2.61. The molecule has 0 aliphatic heterocycles. The summed E-state index contributed by atoms with van der Waals surface area (Å²) in [5.41, 5.74) is -0.933. The van der Waals surface area contributed by atoms with Crippen molar-refractivity contribution in [1.82, 2.24) is 4.31 Å². The van der Waals surface area contributed by atoms with Gasteiger partial charge in [-0.1, -0.05) is 12.1 Å². The molecule has 0 aliphatic rings. The zero-order valence-electron chi connectivity index (χ0n) is 15.0. The van der Waals surface area contributed by atoms with Crippen molar-refractivity contribution in [2.24, 2.45) is 0 Å². The quantitative estimate of drug-likeness (QED) is 0.728. The summed E-state index contributed by atoms with van der Waals surface area (Å²) in [5.74, 6) is -1.97. The number of hydrogen-bond donors (Lipinski definition) is 1. The van der Waals surface area contributed by atoms with Crippen LogP contribution in [0.25, 0.3) is 0 Å². The average molecular weight is 418 g/mol. The number of benzene rings is 2. The van der Waals surface area contributed by atoms with Gasteiger partial charge in [-0.15, -0.1) is 0 Å². The molecule has 0 heterocycles. The van der Waals surface area contributed by atoms with Crippen molar-refractivity contribution in [3.05, 3.63) is 59.4 Å². The second-order valence-electron chi connectivity index (χ2n) is 6.17. The Hall–Kier alpha value is -2.46. The van der Waals surface area contributed by atoms with Crippen molar-refractivity contribution >= 4 is 21.6 Å². The van der Waals surface area contributed by atoms with E-state index in [0.717, 1.165) is 10.4 Å². The number of amides is 1. The molecule has 10 heteroatoms. The summed E-state index contributed by atoms with van der Waals surface area (Å²) in [6.07, 6.45) is -4.65. The highest BCUT2D eigenvalue weighted by Crippen LogP contribution is 2.33. The van der Waals surface area contributed by atoms with Crippen LogP contribution in [0.2, 0.25) is 0 Å². The summed E-state index contributed by atoms with van der Waals surface area (Å²) in [7, 11) is -0.734. The van der Waals surface area contributed by atoms with Crippen LogP contribution >= 0.6 is 0 Å². The van der Waals surface area contributed by atoms with Gasteiger partial charge in [-0.3, -0.25) is 4.79 Å². The Bertz CT molecular complexity index is 956. The number of carbonyl (C=O) groups is 1. The molecule has 5 nitrogen and oxygen atoms in total. The molecule has 0 aliphatic carbocycles. The third-order valence-electron chi connectivity index (χ3n) is 3.90. The minimum absolute atomic E-state index is 0.0431. The minimum atomic E-state index is -4.86. The maximum atomic E-state index is 13.3. The third-order valence-corrected chi connectivity index (χ3v) is 5.73. The molecule has 0 saturated heterocycles. The molecule has 28 heavy (non-hydrogen) atoms. The van der Waals surface area contributed by atoms with Crippen LogP contribution in [0.15, 0.2) is 47.4 Å². The van der Waals surface area contributed by atoms with Gasteiger partial charge in [0.2, 0.25) is 15.9 Å². The van der Waals surface area contributed by atoms with Crippen molar-refractivity contribution < 1.29 is 30.8 Å². The van der Waals surface area contributed by atoms with Gasteiger partial charge in [-0.2, -0.15) is 13.2 Å². The van der Waals surface area contributed by atoms with Crippen LogP contribution in [0.4, 0.5) is 23.2 Å². The largest absolute Gasteiger partial charge is 0.419 e. The van der Waals surface area contributed by atoms with Gasteiger partial charge in [0.15, 0.2) is 0 Å². The number of alkyl halides is 3. The Balaban J connectivity index is 2.00. The Morgan fingerprint density at radius 3 is 2.21 bits per heavy atom. The van der Waals surface area contributed by atoms with Crippen LogP contribution in [-0.2, 0) is 27.4 Å². The standard InChI is InChI=1S/C18H18F4N2O3S/c1-24(2)28(26,27)14-7-3-12(4-8-14)5-10-17(25)23-13-6-9-16(19)15(11-13)18(20,21)22/h3-4,6-9,11H,5,10H2,1-2H3,(H,23,25). The number of halogens is 4. The van der Waals surface area contributed by atoms with E-state index in [1.54, 1.807) is 12.1 Å². The van der Waals surface area contributed by atoms with Crippen molar-refractivity contribution in [3.8, 4) is 0 Å². The summed E-state index contributed by atoms with van der Waals surface area (Å²) in [5, 5.41) is 2.29. The summed E-state index contributed by atoms with van der Waals surface area (Å²) in [4.78, 5) is 12.1. The fraction of sp³-hybridized carbons (Fsp3) is 0.278. The van der Waals surface area contributed by atoms with E-state index in [-0.39, 0.29) is 23.4 Å². The SMILES string of the molecule is CN(C)S(=O)(=O)c1ccc(CCC(=O)Nc2ccc(F)c(C(F)(F)F)c2)cc1. The van der Waals surface area contributed by atoms with Crippen LogP contribution < -0.4 is 5.32 Å². The van der Waals surface area contributed by atoms with Gasteiger partial charge in [0, 0.05) is 26.2 Å². The van der Waals surface area contributed by atoms with E-state index < -0.39 is 33.5 Å². The predicted octanol–water partition coefficient (Wildman–Crippen LogP) is 3.67. The van der Waals surface area contributed by atoms with Crippen molar-refractivity contribution in [2.45, 2.75) is 23.9 Å². The fourth-order valence-electron chi connectivity index (χ4n) is 2.34. The second kappa shape index (κ2) is 8.27. The molecule has 0 radical (unpaired) electrons. The van der Waals surface area contributed by atoms with Gasteiger partial charge < -0.3 is 5.32 Å². The predicted molar refractivity (Wildman–Crippen MR) is 95.7 cm³/mol. The molecule has 0 saturated carbocycles. The molecule has 0 fully saturated rings. The van der Waals surface area contributed by atoms with Crippen LogP contribution in [0.3, 0.4) is 0 Å². The van der Waals surface area contributed by atoms with E-state index in [4.69, 9.17) is 0 Å². The molecule has 0 spiro atoms. The lowest BCUT2D eigenvalue weighted by molar-refractivity contribution is -0.140. The Morgan fingerprint density at radius 1 is 1.07 bits per heavy atom. The van der Waals surface area contributed by atoms with Gasteiger partial charge in [0.05, 0.1) is 10.5 Å². The summed E-state index contributed by atoms with van der Waals surface area (Å²) >= 11 is 0. The van der Waals surface area contributed by atoms with Gasteiger partial charge >= 0.3 is 6.18 Å². The van der Waals surface area contributed by atoms with Crippen LogP contribution in [0, 0.1) is 5.82 Å². The van der Waals surface area contributed by atoms with Crippen molar-refractivity contribution in [1.29, 1.82) is 0 Å². The number of carbonyl (C=O) groups excluding carboxylic acids is 1. The molecule has 1 amide bonds. The van der Waals surface area contributed by atoms with E-state index in [1.165, 1.54) is 26.2 Å². The maximum Gasteiger partial charge on any atom is 0.419 e. The molecule has 2 aromatic carbocycles. The van der Waals surface area contributed by atoms with Gasteiger partial charge in [-0.25, -0.2) is 17.1 Å². The fourth-order valence-corrected chi connectivity index (χ4v) is 3.24. The molecular weight excluding hydrogens is 400 g/mol. The molecule has 2 aromatic rings. The number of aryl methyl sites for hydroxylation is 1. The number of sulfonamides is 1. The topological polar surface area (TPSA) is 66.5 Å². The molecule has 0 bridgehead atoms. The molecular formula is C18H18F4N2O3S. The highest BCUT2D eigenvalue weighted by atomic mass is 32.2. The van der Waals surface area contributed by atoms with E-state index in [2.05, 4.69) is 5.32 Å². The van der Waals surface area contributed by atoms with E-state index in [1.807, 2.05) is 0 Å². The van der Waals surface area contributed by atoms with Gasteiger partial charge in [0.25, 0.3) is 0 Å². The van der Waals surface area contributed by atoms with E-state index in [0.29, 0.717) is 17.7 Å². The first-order valence-corrected chi connectivity index (χ1v) is 9.53. The smallest absolute Gasteiger partial charge is 0.326 e. The molecule has 1 N–H and O–H groups in total. The second-order valence-corrected chi connectivity index (χ2v) is 8.32. The van der Waals surface area contributed by atoms with Crippen LogP contribution in [0.1, 0.15) is 17.5 Å². The van der Waals surface area contributed by atoms with Crippen molar-refractivity contribution in [3.63, 3.8) is 0 Å². The van der Waals surface area contributed by atoms with E-state index >= 15 is 0 Å². The lowest BCUT2D eigenvalue weighted by atomic mass is 10.1. The Kier molecular flexibility index (Phi) is 6.45. The summed E-state index contributed by atoms with van der Waals surface area (Å²) in [6.45, 7) is 0. The van der Waals surface area contributed by atoms with Crippen molar-refractivity contribution in [2.75, 3.05) is 19.4 Å². The number of anilines is 1. The first kappa shape index (κ1) is 21.8. The number of rotatable bonds is 6. The van der Waals surface area contributed by atoms with Crippen LogP contribution in [-0.4, -0.2) is 32.7 Å². The van der Waals surface area contributed by atoms with Crippen LogP contribution in [0.5, 0.6) is 0 Å². The summed E-state index contributed by atoms with van der Waals surface area (Å²) in [6, 6.07) is 8.17. The first-order chi connectivity index (χ1) is 12.9. The zero-order chi connectivity index (χ0) is 21.1. The lowest BCUT2D eigenvalue weighted by Gasteiger charge is -2.12. The zero-order valence-corrected chi connectivity index (χ0v) is 15.9. The molecule has 0 unspecified atom stereocenters. The third kappa shape index (κ3) is 5.29. The Morgan fingerprint density at radius 2 is 1.68 bits per heavy atom. The Labute approximate surface area is 160 Å². The number of hydrogen-bond acceptors (Lipinski definition) is 3. The minimum Gasteiger partial charge on any atom is -0.326 e. The number of nitrogens with zero attached hydrogens (tertiary/aromatic N) is 1. The highest BCUT2D eigenvalue weighted by molar-refractivity contribution is 7.89. The monoisotopic (exact) mass is 418 g/mol. The maximum absolute atomic E-state index is 13.3. The molecule has 152 valence electrons. The van der Waals surface area contributed by atoms with E-state index in [9.17, 15) is 30.8 Å².